The molecular formula is C19H14N2O4S2. The molecule has 136 valence electrons. The molecule has 0 radical (unpaired) electrons. The molecular weight excluding hydrogens is 384 g/mol. The first-order valence-corrected chi connectivity index (χ1v) is 9.75. The van der Waals surface area contributed by atoms with Crippen LogP contribution in [-0.4, -0.2) is 23.2 Å². The number of thiazole rings is 1. The minimum Gasteiger partial charge on any atom is -0.497 e. The van der Waals surface area contributed by atoms with Gasteiger partial charge in [-0.25, -0.2) is 9.78 Å². The maximum atomic E-state index is 12.2. The van der Waals surface area contributed by atoms with Crippen LogP contribution < -0.4 is 4.74 Å². The van der Waals surface area contributed by atoms with Crippen LogP contribution in [0, 0.1) is 0 Å². The maximum Gasteiger partial charge on any atom is 0.358 e. The van der Waals surface area contributed by atoms with Crippen LogP contribution in [0.25, 0.3) is 21.2 Å². The molecule has 4 rings (SSSR count). The third-order valence-electron chi connectivity index (χ3n) is 3.72. The van der Waals surface area contributed by atoms with Crippen LogP contribution in [0.2, 0.25) is 0 Å². The number of benzene rings is 1. The first-order chi connectivity index (χ1) is 13.2. The summed E-state index contributed by atoms with van der Waals surface area (Å²) in [6.45, 7) is 0.0309. The number of rotatable bonds is 6. The molecule has 8 heteroatoms. The van der Waals surface area contributed by atoms with Gasteiger partial charge in [0, 0.05) is 17.0 Å². The van der Waals surface area contributed by atoms with Gasteiger partial charge >= 0.3 is 5.97 Å². The second-order valence-electron chi connectivity index (χ2n) is 5.50. The van der Waals surface area contributed by atoms with Crippen LogP contribution in [0.5, 0.6) is 5.75 Å². The SMILES string of the molecule is COc1ccc(-c2nc(C(=O)OCc3cc(-c4cccs4)on3)cs2)cc1. The zero-order chi connectivity index (χ0) is 18.6. The molecule has 0 atom stereocenters. The van der Waals surface area contributed by atoms with Gasteiger partial charge < -0.3 is 14.0 Å². The monoisotopic (exact) mass is 398 g/mol. The third-order valence-corrected chi connectivity index (χ3v) is 5.50. The summed E-state index contributed by atoms with van der Waals surface area (Å²) >= 11 is 2.94. The van der Waals surface area contributed by atoms with Crippen molar-refractivity contribution in [3.8, 4) is 27.0 Å². The predicted molar refractivity (Wildman–Crippen MR) is 103 cm³/mol. The fourth-order valence-corrected chi connectivity index (χ4v) is 3.83. The van der Waals surface area contributed by atoms with Crippen LogP contribution in [0.3, 0.4) is 0 Å². The van der Waals surface area contributed by atoms with E-state index in [1.54, 1.807) is 29.9 Å². The van der Waals surface area contributed by atoms with Crippen molar-refractivity contribution in [1.29, 1.82) is 0 Å². The quantitative estimate of drug-likeness (QED) is 0.431. The number of methoxy groups -OCH3 is 1. The van der Waals surface area contributed by atoms with Crippen molar-refractivity contribution in [2.75, 3.05) is 7.11 Å². The van der Waals surface area contributed by atoms with Gasteiger partial charge in [0.25, 0.3) is 0 Å². The molecule has 4 aromatic rings. The van der Waals surface area contributed by atoms with Crippen LogP contribution in [0.4, 0.5) is 0 Å². The number of carbonyl (C=O) groups excluding carboxylic acids is 1. The Morgan fingerprint density at radius 3 is 2.78 bits per heavy atom. The van der Waals surface area contributed by atoms with Crippen molar-refractivity contribution in [1.82, 2.24) is 10.1 Å². The summed E-state index contributed by atoms with van der Waals surface area (Å²) in [6, 6.07) is 13.1. The summed E-state index contributed by atoms with van der Waals surface area (Å²) < 4.78 is 15.7. The average molecular weight is 398 g/mol. The largest absolute Gasteiger partial charge is 0.497 e. The number of thiophene rings is 1. The van der Waals surface area contributed by atoms with Gasteiger partial charge in [-0.3, -0.25) is 0 Å². The fourth-order valence-electron chi connectivity index (χ4n) is 2.36. The molecule has 27 heavy (non-hydrogen) atoms. The topological polar surface area (TPSA) is 74.5 Å². The van der Waals surface area contributed by atoms with E-state index in [9.17, 15) is 4.79 Å². The van der Waals surface area contributed by atoms with E-state index >= 15 is 0 Å². The van der Waals surface area contributed by atoms with Gasteiger partial charge in [-0.05, 0) is 35.7 Å². The summed E-state index contributed by atoms with van der Waals surface area (Å²) in [5.74, 6) is 0.933. The molecule has 0 aliphatic heterocycles. The van der Waals surface area contributed by atoms with Crippen molar-refractivity contribution in [2.45, 2.75) is 6.61 Å². The van der Waals surface area contributed by atoms with E-state index in [-0.39, 0.29) is 12.3 Å². The molecule has 0 unspecified atom stereocenters. The molecule has 0 bridgehead atoms. The minimum absolute atomic E-state index is 0.0309. The third kappa shape index (κ3) is 3.91. The van der Waals surface area contributed by atoms with Crippen LogP contribution in [-0.2, 0) is 11.3 Å². The van der Waals surface area contributed by atoms with Gasteiger partial charge in [-0.15, -0.1) is 22.7 Å². The highest BCUT2D eigenvalue weighted by Crippen LogP contribution is 2.27. The summed E-state index contributed by atoms with van der Waals surface area (Å²) in [6.07, 6.45) is 0. The highest BCUT2D eigenvalue weighted by atomic mass is 32.1. The van der Waals surface area contributed by atoms with Gasteiger partial charge in [-0.2, -0.15) is 0 Å². The second kappa shape index (κ2) is 7.73. The van der Waals surface area contributed by atoms with Crippen LogP contribution in [0.1, 0.15) is 16.2 Å². The van der Waals surface area contributed by atoms with Gasteiger partial charge in [0.2, 0.25) is 0 Å². The number of esters is 1. The Balaban J connectivity index is 1.39. The summed E-state index contributed by atoms with van der Waals surface area (Å²) in [5, 5.41) is 8.31. The number of aromatic nitrogens is 2. The minimum atomic E-state index is -0.494. The Kier molecular flexibility index (Phi) is 4.99. The van der Waals surface area contributed by atoms with Crippen LogP contribution in [0.15, 0.2) is 57.7 Å². The van der Waals surface area contributed by atoms with E-state index in [1.807, 2.05) is 41.8 Å². The Hall–Kier alpha value is -2.97. The number of hydrogen-bond donors (Lipinski definition) is 0. The molecule has 3 heterocycles. The van der Waals surface area contributed by atoms with Gasteiger partial charge in [0.15, 0.2) is 11.5 Å². The van der Waals surface area contributed by atoms with Crippen molar-refractivity contribution < 1.29 is 18.8 Å². The highest BCUT2D eigenvalue weighted by molar-refractivity contribution is 7.13. The van der Waals surface area contributed by atoms with Gasteiger partial charge in [0.1, 0.15) is 23.1 Å². The fraction of sp³-hybridized carbons (Fsp3) is 0.105. The highest BCUT2D eigenvalue weighted by Gasteiger charge is 2.15. The van der Waals surface area contributed by atoms with Crippen molar-refractivity contribution in [3.63, 3.8) is 0 Å². The number of ether oxygens (including phenoxy) is 2. The summed E-state index contributed by atoms with van der Waals surface area (Å²) in [7, 11) is 1.62. The Morgan fingerprint density at radius 2 is 2.04 bits per heavy atom. The predicted octanol–water partition coefficient (Wildman–Crippen LogP) is 4.89. The molecule has 3 aromatic heterocycles. The van der Waals surface area contributed by atoms with Gasteiger partial charge in [-0.1, -0.05) is 11.2 Å². The van der Waals surface area contributed by atoms with E-state index in [0.717, 1.165) is 21.2 Å². The lowest BCUT2D eigenvalue weighted by molar-refractivity contribution is 0.0458. The van der Waals surface area contributed by atoms with Crippen molar-refractivity contribution in [3.05, 3.63) is 64.6 Å². The maximum absolute atomic E-state index is 12.2. The first-order valence-electron chi connectivity index (χ1n) is 7.99. The van der Waals surface area contributed by atoms with Crippen molar-refractivity contribution in [2.24, 2.45) is 0 Å². The normalized spacial score (nSPS) is 10.7. The van der Waals surface area contributed by atoms with Crippen molar-refractivity contribution >= 4 is 28.6 Å². The Labute approximate surface area is 163 Å². The zero-order valence-electron chi connectivity index (χ0n) is 14.2. The summed E-state index contributed by atoms with van der Waals surface area (Å²) in [5.41, 5.74) is 1.74. The number of nitrogens with zero attached hydrogens (tertiary/aromatic N) is 2. The molecule has 0 amide bonds. The van der Waals surface area contributed by atoms with E-state index in [2.05, 4.69) is 10.1 Å². The molecule has 0 fully saturated rings. The molecule has 0 saturated carbocycles. The van der Waals surface area contributed by atoms with E-state index in [4.69, 9.17) is 14.0 Å². The molecule has 6 nitrogen and oxygen atoms in total. The van der Waals surface area contributed by atoms with E-state index in [0.29, 0.717) is 11.5 Å². The molecule has 0 aliphatic carbocycles. The van der Waals surface area contributed by atoms with E-state index < -0.39 is 5.97 Å². The smallest absolute Gasteiger partial charge is 0.358 e. The van der Waals surface area contributed by atoms with Crippen LogP contribution >= 0.6 is 22.7 Å². The Morgan fingerprint density at radius 1 is 1.19 bits per heavy atom. The second-order valence-corrected chi connectivity index (χ2v) is 7.31. The number of carbonyl (C=O) groups is 1. The summed E-state index contributed by atoms with van der Waals surface area (Å²) in [4.78, 5) is 17.6. The first kappa shape index (κ1) is 17.4. The lowest BCUT2D eigenvalue weighted by Crippen LogP contribution is -2.05. The standard InChI is InChI=1S/C19H14N2O4S2/c1-23-14-6-4-12(5-7-14)18-20-15(11-27-18)19(22)24-10-13-9-16(25-21-13)17-3-2-8-26-17/h2-9,11H,10H2,1H3. The van der Waals surface area contributed by atoms with E-state index in [1.165, 1.54) is 11.3 Å². The molecule has 0 N–H and O–H groups in total. The molecule has 0 saturated heterocycles. The average Bonchev–Trinajstić information content (AvgIpc) is 3.47. The molecule has 0 aliphatic rings. The lowest BCUT2D eigenvalue weighted by Gasteiger charge is -2.00. The lowest BCUT2D eigenvalue weighted by atomic mass is 10.2. The molecule has 1 aromatic carbocycles. The zero-order valence-corrected chi connectivity index (χ0v) is 15.9. The van der Waals surface area contributed by atoms with Gasteiger partial charge in [0.05, 0.1) is 12.0 Å². The Bertz CT molecular complexity index is 1040. The molecule has 0 spiro atoms. The number of hydrogen-bond acceptors (Lipinski definition) is 8.